The van der Waals surface area contributed by atoms with E-state index in [1.54, 1.807) is 55.4 Å². The van der Waals surface area contributed by atoms with E-state index in [9.17, 15) is 14.2 Å². The molecule has 0 spiro atoms. The minimum absolute atomic E-state index is 0.00673. The number of amides is 2. The van der Waals surface area contributed by atoms with Crippen molar-refractivity contribution in [3.8, 4) is 5.88 Å². The number of imide groups is 1. The number of anilines is 1. The molecule has 2 amide bonds. The highest BCUT2D eigenvalue weighted by Gasteiger charge is 2.50. The number of ether oxygens (including phenoxy) is 4. The number of carbonyl (C=O) groups is 2. The van der Waals surface area contributed by atoms with Gasteiger partial charge in [0, 0.05) is 0 Å². The SMILES string of the molecule is CCOP(=O)(CO[C@@H](COn1cnc2c(OC)nc(N(C(=O)OC(C)(C)C)C(=O)OC(C)(C)C)nc21)CO[Si](c1ccccc1)(c1ccccc1)C(C)(C)C)OCC. The van der Waals surface area contributed by atoms with Crippen LogP contribution in [-0.4, -0.2) is 97.4 Å². The molecule has 0 N–H and O–H groups in total. The van der Waals surface area contributed by atoms with Crippen molar-refractivity contribution < 1.29 is 51.4 Å². The van der Waals surface area contributed by atoms with Crippen LogP contribution in [0.3, 0.4) is 0 Å². The van der Waals surface area contributed by atoms with Gasteiger partial charge in [0.15, 0.2) is 5.52 Å². The molecule has 0 unspecified atom stereocenters. The summed E-state index contributed by atoms with van der Waals surface area (Å²) in [5.41, 5.74) is -1.75. The van der Waals surface area contributed by atoms with Crippen molar-refractivity contribution in [3.05, 3.63) is 67.0 Å². The Hall–Kier alpha value is -4.38. The molecule has 2 heterocycles. The smallest absolute Gasteiger partial charge is 0.427 e. The van der Waals surface area contributed by atoms with Crippen LogP contribution in [0, 0.1) is 0 Å². The first-order valence-electron chi connectivity index (χ1n) is 19.1. The Morgan fingerprint density at radius 2 is 1.31 bits per heavy atom. The van der Waals surface area contributed by atoms with Gasteiger partial charge in [0.25, 0.3) is 8.32 Å². The molecule has 0 bridgehead atoms. The number of aromatic nitrogens is 4. The average molecular weight is 844 g/mol. The van der Waals surface area contributed by atoms with Crippen LogP contribution in [0.1, 0.15) is 76.2 Å². The van der Waals surface area contributed by atoms with E-state index in [2.05, 4.69) is 60.0 Å². The van der Waals surface area contributed by atoms with Crippen LogP contribution < -0.4 is 24.8 Å². The van der Waals surface area contributed by atoms with Crippen LogP contribution in [0.5, 0.6) is 5.88 Å². The predicted molar refractivity (Wildman–Crippen MR) is 222 cm³/mol. The topological polar surface area (TPSA) is 172 Å². The third kappa shape index (κ3) is 11.6. The Morgan fingerprint density at radius 1 is 0.793 bits per heavy atom. The van der Waals surface area contributed by atoms with Gasteiger partial charge in [-0.3, -0.25) is 4.57 Å². The molecule has 0 saturated carbocycles. The normalized spacial score (nSPS) is 13.2. The molecule has 0 saturated heterocycles. The highest BCUT2D eigenvalue weighted by Crippen LogP contribution is 2.48. The third-order valence-corrected chi connectivity index (χ3v) is 15.1. The number of hydrogen-bond donors (Lipinski definition) is 0. The number of fused-ring (bicyclic) bond motifs is 1. The maximum Gasteiger partial charge on any atom is 0.427 e. The van der Waals surface area contributed by atoms with E-state index < -0.39 is 51.4 Å². The van der Waals surface area contributed by atoms with Crippen molar-refractivity contribution in [1.29, 1.82) is 0 Å². The molecule has 4 aromatic rings. The molecule has 0 aliphatic carbocycles. The Morgan fingerprint density at radius 3 is 1.76 bits per heavy atom. The molecule has 4 rings (SSSR count). The second-order valence-corrected chi connectivity index (χ2v) is 22.5. The number of methoxy groups -OCH3 is 1. The van der Waals surface area contributed by atoms with Gasteiger partial charge >= 0.3 is 19.8 Å². The monoisotopic (exact) mass is 843 g/mol. The number of hydrogen-bond acceptors (Lipinski definition) is 14. The molecule has 2 aromatic heterocycles. The number of rotatable bonds is 17. The number of benzene rings is 2. The van der Waals surface area contributed by atoms with Gasteiger partial charge in [-0.15, -0.1) is 4.90 Å². The van der Waals surface area contributed by atoms with Gasteiger partial charge in [0.05, 0.1) is 26.9 Å². The lowest BCUT2D eigenvalue weighted by Gasteiger charge is -2.43. The van der Waals surface area contributed by atoms with Crippen LogP contribution in [-0.2, 0) is 32.2 Å². The molecule has 0 radical (unpaired) electrons. The second-order valence-electron chi connectivity index (χ2n) is 16.2. The fourth-order valence-corrected chi connectivity index (χ4v) is 12.0. The summed E-state index contributed by atoms with van der Waals surface area (Å²) in [4.78, 5) is 47.1. The largest absolute Gasteiger partial charge is 0.479 e. The van der Waals surface area contributed by atoms with E-state index >= 15 is 0 Å². The molecule has 18 heteroatoms. The molecular weight excluding hydrogens is 786 g/mol. The van der Waals surface area contributed by atoms with Gasteiger partial charge in [-0.25, -0.2) is 14.6 Å². The summed E-state index contributed by atoms with van der Waals surface area (Å²) in [6.07, 6.45) is -2.04. The average Bonchev–Trinajstić information content (AvgIpc) is 3.54. The lowest BCUT2D eigenvalue weighted by Crippen LogP contribution is -2.67. The van der Waals surface area contributed by atoms with Crippen molar-refractivity contribution in [2.45, 2.75) is 98.5 Å². The van der Waals surface area contributed by atoms with E-state index in [4.69, 9.17) is 37.3 Å². The van der Waals surface area contributed by atoms with E-state index in [0.717, 1.165) is 10.4 Å². The first kappa shape index (κ1) is 46.3. The molecule has 58 heavy (non-hydrogen) atoms. The molecular formula is C40H58N5O11PSi. The predicted octanol–water partition coefficient (Wildman–Crippen LogP) is 7.13. The number of carbonyl (C=O) groups excluding carboxylic acids is 2. The zero-order valence-electron chi connectivity index (χ0n) is 35.6. The summed E-state index contributed by atoms with van der Waals surface area (Å²) in [5, 5.41) is 1.75. The second kappa shape index (κ2) is 19.1. The highest BCUT2D eigenvalue weighted by molar-refractivity contribution is 7.53. The van der Waals surface area contributed by atoms with Crippen molar-refractivity contribution >= 4 is 55.6 Å². The van der Waals surface area contributed by atoms with E-state index in [1.807, 2.05) is 36.4 Å². The summed E-state index contributed by atoms with van der Waals surface area (Å²) >= 11 is 0. The van der Waals surface area contributed by atoms with Gasteiger partial charge in [0.1, 0.15) is 36.6 Å². The summed E-state index contributed by atoms with van der Waals surface area (Å²) in [5.74, 6) is -0.466. The van der Waals surface area contributed by atoms with Crippen LogP contribution in [0.4, 0.5) is 15.5 Å². The summed E-state index contributed by atoms with van der Waals surface area (Å²) in [6.45, 7) is 20.0. The fourth-order valence-electron chi connectivity index (χ4n) is 6.02. The van der Waals surface area contributed by atoms with Crippen molar-refractivity contribution in [3.63, 3.8) is 0 Å². The molecule has 0 aliphatic heterocycles. The molecule has 1 atom stereocenters. The lowest BCUT2D eigenvalue weighted by molar-refractivity contribution is -0.0313. The Bertz CT molecular complexity index is 1940. The van der Waals surface area contributed by atoms with Gasteiger partial charge in [-0.2, -0.15) is 14.7 Å². The molecule has 2 aromatic carbocycles. The summed E-state index contributed by atoms with van der Waals surface area (Å²) in [6, 6.07) is 20.2. The van der Waals surface area contributed by atoms with Crippen molar-refractivity contribution in [1.82, 2.24) is 19.7 Å². The maximum atomic E-state index is 13.6. The van der Waals surface area contributed by atoms with Crippen molar-refractivity contribution in [2.75, 3.05) is 44.8 Å². The van der Waals surface area contributed by atoms with Gasteiger partial charge < -0.3 is 37.3 Å². The van der Waals surface area contributed by atoms with Gasteiger partial charge in [0.2, 0.25) is 17.5 Å². The summed E-state index contributed by atoms with van der Waals surface area (Å²) in [7, 11) is -5.36. The number of nitrogens with zero attached hydrogens (tertiary/aromatic N) is 5. The zero-order chi connectivity index (χ0) is 42.9. The van der Waals surface area contributed by atoms with Gasteiger partial charge in [-0.05, 0) is 70.8 Å². The molecule has 318 valence electrons. The fraction of sp³-hybridized carbons (Fsp3) is 0.525. The van der Waals surface area contributed by atoms with E-state index in [1.165, 1.54) is 18.2 Å². The Kier molecular flexibility index (Phi) is 15.3. The minimum Gasteiger partial charge on any atom is -0.479 e. The third-order valence-electron chi connectivity index (χ3n) is 8.29. The highest BCUT2D eigenvalue weighted by atomic mass is 31.2. The Balaban J connectivity index is 1.77. The molecule has 0 aliphatic rings. The molecule has 0 fully saturated rings. The van der Waals surface area contributed by atoms with Crippen LogP contribution >= 0.6 is 7.60 Å². The van der Waals surface area contributed by atoms with Crippen LogP contribution in [0.25, 0.3) is 11.2 Å². The van der Waals surface area contributed by atoms with Gasteiger partial charge in [-0.1, -0.05) is 81.4 Å². The number of imidazole rings is 1. The zero-order valence-corrected chi connectivity index (χ0v) is 37.5. The first-order valence-corrected chi connectivity index (χ1v) is 22.7. The van der Waals surface area contributed by atoms with Crippen LogP contribution in [0.15, 0.2) is 67.0 Å². The summed E-state index contributed by atoms with van der Waals surface area (Å²) < 4.78 is 56.0. The standard InChI is InChI=1S/C40H58N5O11PSi/c1-13-52-57(48,53-14-2)28-50-29(26-54-58(40(9,10)11,30-21-17-15-18-22-30)31-23-19-16-20-24-31)25-51-44-27-41-32-33(44)42-35(43-34(32)49-12)45(36(46)55-38(3,4)5)37(47)56-39(6,7)8/h15-24,27,29H,13-14,25-26,28H2,1-12H3/t29-/m0/s1. The lowest BCUT2D eigenvalue weighted by atomic mass is 10.2. The first-order chi connectivity index (χ1) is 27.2. The quantitative estimate of drug-likeness (QED) is 0.0777. The maximum absolute atomic E-state index is 13.6. The van der Waals surface area contributed by atoms with E-state index in [-0.39, 0.29) is 54.9 Å². The Labute approximate surface area is 342 Å². The molecule has 16 nitrogen and oxygen atoms in total. The van der Waals surface area contributed by atoms with E-state index in [0.29, 0.717) is 4.90 Å². The van der Waals surface area contributed by atoms with Crippen molar-refractivity contribution in [2.24, 2.45) is 0 Å². The van der Waals surface area contributed by atoms with Crippen LogP contribution in [0.2, 0.25) is 5.04 Å². The minimum atomic E-state index is -3.66.